The van der Waals surface area contributed by atoms with Crippen LogP contribution in [-0.4, -0.2) is 42.0 Å². The van der Waals surface area contributed by atoms with Gasteiger partial charge in [-0.3, -0.25) is 9.69 Å². The van der Waals surface area contributed by atoms with Gasteiger partial charge in [0.15, 0.2) is 5.13 Å². The summed E-state index contributed by atoms with van der Waals surface area (Å²) >= 11 is 5.06. The molecule has 1 amide bonds. The van der Waals surface area contributed by atoms with Crippen molar-refractivity contribution in [2.75, 3.05) is 31.1 Å². The molecular formula is C22H27BrClN3OS. The van der Waals surface area contributed by atoms with Crippen molar-refractivity contribution >= 4 is 60.9 Å². The molecule has 0 unspecified atom stereocenters. The summed E-state index contributed by atoms with van der Waals surface area (Å²) in [5.74, 6) is -0.0121. The summed E-state index contributed by atoms with van der Waals surface area (Å²) in [6, 6.07) is 11.8. The second kappa shape index (κ2) is 10.5. The Morgan fingerprint density at radius 2 is 1.83 bits per heavy atom. The number of likely N-dealkylation sites (N-methyl/N-ethyl adjacent to an activating group) is 1. The molecule has 3 rings (SSSR count). The fourth-order valence-electron chi connectivity index (χ4n) is 3.17. The Bertz CT molecular complexity index is 987. The van der Waals surface area contributed by atoms with Crippen LogP contribution in [0.4, 0.5) is 5.13 Å². The highest BCUT2D eigenvalue weighted by Gasteiger charge is 2.22. The SMILES string of the molecule is CCN(CC)CCN(C(=O)c1cccc(Br)c1)c1nc2c(C)c(C)ccc2s1.Cl. The van der Waals surface area contributed by atoms with E-state index >= 15 is 0 Å². The molecule has 29 heavy (non-hydrogen) atoms. The van der Waals surface area contributed by atoms with Crippen molar-refractivity contribution < 1.29 is 4.79 Å². The average molecular weight is 497 g/mol. The second-order valence-corrected chi connectivity index (χ2v) is 8.77. The van der Waals surface area contributed by atoms with E-state index in [9.17, 15) is 4.79 Å². The number of hydrogen-bond donors (Lipinski definition) is 0. The number of benzene rings is 2. The Morgan fingerprint density at radius 1 is 1.10 bits per heavy atom. The van der Waals surface area contributed by atoms with Crippen molar-refractivity contribution in [2.45, 2.75) is 27.7 Å². The van der Waals surface area contributed by atoms with Gasteiger partial charge in [0, 0.05) is 23.1 Å². The molecule has 0 spiro atoms. The third kappa shape index (κ3) is 5.37. The smallest absolute Gasteiger partial charge is 0.260 e. The molecular weight excluding hydrogens is 470 g/mol. The lowest BCUT2D eigenvalue weighted by Gasteiger charge is -2.24. The third-order valence-corrected chi connectivity index (χ3v) is 6.69. The van der Waals surface area contributed by atoms with Gasteiger partial charge in [0.2, 0.25) is 0 Å². The molecule has 0 aliphatic rings. The lowest BCUT2D eigenvalue weighted by Crippen LogP contribution is -2.38. The Morgan fingerprint density at radius 3 is 2.48 bits per heavy atom. The molecule has 0 saturated carbocycles. The molecule has 2 aromatic carbocycles. The van der Waals surface area contributed by atoms with Crippen LogP contribution in [0.3, 0.4) is 0 Å². The van der Waals surface area contributed by atoms with E-state index in [-0.39, 0.29) is 18.3 Å². The fourth-order valence-corrected chi connectivity index (χ4v) is 4.62. The minimum absolute atomic E-state index is 0. The highest BCUT2D eigenvalue weighted by Crippen LogP contribution is 2.32. The van der Waals surface area contributed by atoms with Gasteiger partial charge < -0.3 is 4.90 Å². The normalized spacial score (nSPS) is 11.0. The highest BCUT2D eigenvalue weighted by atomic mass is 79.9. The largest absolute Gasteiger partial charge is 0.302 e. The summed E-state index contributed by atoms with van der Waals surface area (Å²) < 4.78 is 2.02. The number of aromatic nitrogens is 1. The Balaban J connectivity index is 0.00000300. The molecule has 0 radical (unpaired) electrons. The number of halogens is 2. The van der Waals surface area contributed by atoms with Gasteiger partial charge in [0.1, 0.15) is 0 Å². The standard InChI is InChI=1S/C22H26BrN3OS.ClH/c1-5-25(6-2)12-13-26(21(27)17-8-7-9-18(23)14-17)22-24-20-16(4)15(3)10-11-19(20)28-22;/h7-11,14H,5-6,12-13H2,1-4H3;1H. The van der Waals surface area contributed by atoms with Crippen LogP contribution in [0.1, 0.15) is 35.3 Å². The van der Waals surface area contributed by atoms with Crippen molar-refractivity contribution in [3.05, 3.63) is 57.6 Å². The lowest BCUT2D eigenvalue weighted by atomic mass is 10.1. The van der Waals surface area contributed by atoms with Gasteiger partial charge >= 0.3 is 0 Å². The molecule has 4 nitrogen and oxygen atoms in total. The number of thiazole rings is 1. The molecule has 0 fully saturated rings. The minimum Gasteiger partial charge on any atom is -0.302 e. The quantitative estimate of drug-likeness (QED) is 0.397. The maximum atomic E-state index is 13.4. The van der Waals surface area contributed by atoms with Crippen molar-refractivity contribution in [1.29, 1.82) is 0 Å². The van der Waals surface area contributed by atoms with Gasteiger partial charge in [0.25, 0.3) is 5.91 Å². The Kier molecular flexibility index (Phi) is 8.64. The van der Waals surface area contributed by atoms with E-state index in [4.69, 9.17) is 4.98 Å². The summed E-state index contributed by atoms with van der Waals surface area (Å²) in [5.41, 5.74) is 4.06. The van der Waals surface area contributed by atoms with Gasteiger partial charge in [-0.15, -0.1) is 12.4 Å². The molecule has 0 atom stereocenters. The van der Waals surface area contributed by atoms with Gasteiger partial charge in [-0.1, -0.05) is 53.2 Å². The zero-order valence-corrected chi connectivity index (χ0v) is 20.5. The van der Waals surface area contributed by atoms with Crippen LogP contribution in [0.2, 0.25) is 0 Å². The number of amides is 1. The monoisotopic (exact) mass is 495 g/mol. The van der Waals surface area contributed by atoms with Crippen molar-refractivity contribution in [3.63, 3.8) is 0 Å². The Labute approximate surface area is 191 Å². The molecule has 156 valence electrons. The first kappa shape index (κ1) is 23.8. The van der Waals surface area contributed by atoms with E-state index in [1.807, 2.05) is 29.2 Å². The van der Waals surface area contributed by atoms with E-state index in [0.29, 0.717) is 12.1 Å². The van der Waals surface area contributed by atoms with E-state index in [1.54, 1.807) is 11.3 Å². The van der Waals surface area contributed by atoms with Crippen LogP contribution in [0.15, 0.2) is 40.9 Å². The van der Waals surface area contributed by atoms with Crippen LogP contribution in [-0.2, 0) is 0 Å². The van der Waals surface area contributed by atoms with Crippen LogP contribution in [0.5, 0.6) is 0 Å². The molecule has 0 aliphatic carbocycles. The first-order valence-corrected chi connectivity index (χ1v) is 11.2. The summed E-state index contributed by atoms with van der Waals surface area (Å²) in [6.07, 6.45) is 0. The van der Waals surface area contributed by atoms with Crippen molar-refractivity contribution in [2.24, 2.45) is 0 Å². The number of nitrogens with zero attached hydrogens (tertiary/aromatic N) is 3. The number of fused-ring (bicyclic) bond motifs is 1. The first-order valence-electron chi connectivity index (χ1n) is 9.61. The Hall–Kier alpha value is -1.47. The molecule has 1 aromatic heterocycles. The molecule has 0 N–H and O–H groups in total. The van der Waals surface area contributed by atoms with E-state index in [0.717, 1.165) is 39.5 Å². The van der Waals surface area contributed by atoms with Crippen molar-refractivity contribution in [3.8, 4) is 0 Å². The number of aryl methyl sites for hydroxylation is 2. The number of hydrogen-bond acceptors (Lipinski definition) is 4. The predicted molar refractivity (Wildman–Crippen MR) is 130 cm³/mol. The van der Waals surface area contributed by atoms with Crippen LogP contribution >= 0.6 is 39.7 Å². The minimum atomic E-state index is -0.0121. The summed E-state index contributed by atoms with van der Waals surface area (Å²) in [7, 11) is 0. The summed E-state index contributed by atoms with van der Waals surface area (Å²) in [4.78, 5) is 22.4. The van der Waals surface area contributed by atoms with E-state index in [2.05, 4.69) is 60.7 Å². The molecule has 7 heteroatoms. The van der Waals surface area contributed by atoms with Crippen LogP contribution in [0.25, 0.3) is 10.2 Å². The maximum Gasteiger partial charge on any atom is 0.260 e. The number of rotatable bonds is 7. The molecule has 0 saturated heterocycles. The molecule has 0 aliphatic heterocycles. The summed E-state index contributed by atoms with van der Waals surface area (Å²) in [5, 5.41) is 0.765. The maximum absolute atomic E-state index is 13.4. The molecule has 3 aromatic rings. The zero-order valence-electron chi connectivity index (χ0n) is 17.2. The van der Waals surface area contributed by atoms with Crippen LogP contribution < -0.4 is 4.90 Å². The average Bonchev–Trinajstić information content (AvgIpc) is 3.12. The van der Waals surface area contributed by atoms with E-state index < -0.39 is 0 Å². The lowest BCUT2D eigenvalue weighted by molar-refractivity contribution is 0.0983. The first-order chi connectivity index (χ1) is 13.4. The predicted octanol–water partition coefficient (Wildman–Crippen LogP) is 6.09. The van der Waals surface area contributed by atoms with Gasteiger partial charge in [-0.05, 0) is 62.3 Å². The second-order valence-electron chi connectivity index (χ2n) is 6.84. The number of anilines is 1. The zero-order chi connectivity index (χ0) is 20.3. The molecule has 0 bridgehead atoms. The van der Waals surface area contributed by atoms with E-state index in [1.165, 1.54) is 11.1 Å². The van der Waals surface area contributed by atoms with Gasteiger partial charge in [-0.2, -0.15) is 0 Å². The topological polar surface area (TPSA) is 36.4 Å². The van der Waals surface area contributed by atoms with Crippen molar-refractivity contribution in [1.82, 2.24) is 9.88 Å². The highest BCUT2D eigenvalue weighted by molar-refractivity contribution is 9.10. The summed E-state index contributed by atoms with van der Waals surface area (Å²) in [6.45, 7) is 11.9. The van der Waals surface area contributed by atoms with Gasteiger partial charge in [-0.25, -0.2) is 4.98 Å². The third-order valence-electron chi connectivity index (χ3n) is 5.16. The number of carbonyl (C=O) groups is 1. The molecule has 1 heterocycles. The number of carbonyl (C=O) groups excluding carboxylic acids is 1. The van der Waals surface area contributed by atoms with Crippen LogP contribution in [0, 0.1) is 13.8 Å². The van der Waals surface area contributed by atoms with Gasteiger partial charge in [0.05, 0.1) is 10.2 Å². The fraction of sp³-hybridized carbons (Fsp3) is 0.364.